The van der Waals surface area contributed by atoms with Crippen LogP contribution in [0.1, 0.15) is 38.4 Å². The van der Waals surface area contributed by atoms with Crippen molar-refractivity contribution in [1.82, 2.24) is 15.4 Å². The van der Waals surface area contributed by atoms with Gasteiger partial charge in [0, 0.05) is 25.1 Å². The molecule has 0 spiro atoms. The summed E-state index contributed by atoms with van der Waals surface area (Å²) in [6.07, 6.45) is 3.96. The summed E-state index contributed by atoms with van der Waals surface area (Å²) in [5.41, 5.74) is 0. The molecule has 0 bridgehead atoms. The lowest BCUT2D eigenvalue weighted by Gasteiger charge is -2.34. The third-order valence-corrected chi connectivity index (χ3v) is 3.86. The van der Waals surface area contributed by atoms with Gasteiger partial charge < -0.3 is 15.2 Å². The molecule has 0 saturated carbocycles. The van der Waals surface area contributed by atoms with Crippen molar-refractivity contribution < 1.29 is 9.32 Å². The van der Waals surface area contributed by atoms with E-state index in [-0.39, 0.29) is 5.91 Å². The van der Waals surface area contributed by atoms with Crippen LogP contribution in [0.4, 0.5) is 5.82 Å². The number of piperidine rings is 1. The van der Waals surface area contributed by atoms with E-state index in [9.17, 15) is 4.79 Å². The van der Waals surface area contributed by atoms with Gasteiger partial charge >= 0.3 is 0 Å². The van der Waals surface area contributed by atoms with Gasteiger partial charge in [-0.25, -0.2) is 0 Å². The SMILES string of the molecule is CCCN(CCC(=O)Nc1cc(C)on1)C1CCNCC1. The van der Waals surface area contributed by atoms with Gasteiger partial charge in [-0.1, -0.05) is 12.1 Å². The molecule has 0 atom stereocenters. The first-order valence-corrected chi connectivity index (χ1v) is 7.87. The summed E-state index contributed by atoms with van der Waals surface area (Å²) >= 11 is 0. The average molecular weight is 294 g/mol. The van der Waals surface area contributed by atoms with Gasteiger partial charge in [-0.15, -0.1) is 0 Å². The van der Waals surface area contributed by atoms with Gasteiger partial charge in [-0.2, -0.15) is 0 Å². The van der Waals surface area contributed by atoms with E-state index in [2.05, 4.69) is 27.6 Å². The van der Waals surface area contributed by atoms with Crippen LogP contribution in [0, 0.1) is 6.92 Å². The molecule has 1 aliphatic heterocycles. The second-order valence-corrected chi connectivity index (χ2v) is 5.64. The van der Waals surface area contributed by atoms with Gasteiger partial charge in [0.15, 0.2) is 5.82 Å². The number of carbonyl (C=O) groups excluding carboxylic acids is 1. The van der Waals surface area contributed by atoms with E-state index in [0.717, 1.165) is 32.6 Å². The Morgan fingerprint density at radius 1 is 1.48 bits per heavy atom. The van der Waals surface area contributed by atoms with E-state index in [0.29, 0.717) is 24.0 Å². The van der Waals surface area contributed by atoms with Crippen LogP contribution in [0.2, 0.25) is 0 Å². The minimum Gasteiger partial charge on any atom is -0.360 e. The number of carbonyl (C=O) groups is 1. The summed E-state index contributed by atoms with van der Waals surface area (Å²) in [4.78, 5) is 14.4. The lowest BCUT2D eigenvalue weighted by molar-refractivity contribution is -0.116. The molecule has 6 nitrogen and oxygen atoms in total. The van der Waals surface area contributed by atoms with E-state index < -0.39 is 0 Å². The van der Waals surface area contributed by atoms with Gasteiger partial charge in [-0.3, -0.25) is 9.69 Å². The zero-order chi connectivity index (χ0) is 15.1. The molecule has 2 heterocycles. The van der Waals surface area contributed by atoms with Crippen molar-refractivity contribution in [3.8, 4) is 0 Å². The molecular weight excluding hydrogens is 268 g/mol. The Kier molecular flexibility index (Phi) is 6.20. The lowest BCUT2D eigenvalue weighted by atomic mass is 10.0. The summed E-state index contributed by atoms with van der Waals surface area (Å²) in [5, 5.41) is 9.95. The maximum absolute atomic E-state index is 12.0. The predicted molar refractivity (Wildman–Crippen MR) is 82.2 cm³/mol. The van der Waals surface area contributed by atoms with Crippen molar-refractivity contribution in [2.45, 2.75) is 45.6 Å². The predicted octanol–water partition coefficient (Wildman–Crippen LogP) is 1.78. The molecule has 0 radical (unpaired) electrons. The summed E-state index contributed by atoms with van der Waals surface area (Å²) in [7, 11) is 0. The summed E-state index contributed by atoms with van der Waals surface area (Å²) in [5.74, 6) is 1.20. The highest BCUT2D eigenvalue weighted by molar-refractivity contribution is 5.89. The Balaban J connectivity index is 1.78. The number of nitrogens with zero attached hydrogens (tertiary/aromatic N) is 2. The largest absolute Gasteiger partial charge is 0.360 e. The highest BCUT2D eigenvalue weighted by Crippen LogP contribution is 2.13. The van der Waals surface area contributed by atoms with Crippen molar-refractivity contribution in [1.29, 1.82) is 0 Å². The van der Waals surface area contributed by atoms with Crippen LogP contribution in [0.15, 0.2) is 10.6 Å². The Morgan fingerprint density at radius 3 is 2.86 bits per heavy atom. The molecule has 0 unspecified atom stereocenters. The molecule has 6 heteroatoms. The normalized spacial score (nSPS) is 16.3. The van der Waals surface area contributed by atoms with E-state index in [1.54, 1.807) is 6.07 Å². The molecule has 1 aromatic rings. The van der Waals surface area contributed by atoms with Crippen molar-refractivity contribution in [3.05, 3.63) is 11.8 Å². The van der Waals surface area contributed by atoms with Gasteiger partial charge in [0.05, 0.1) is 0 Å². The Hall–Kier alpha value is -1.40. The molecule has 118 valence electrons. The molecule has 1 fully saturated rings. The Labute approximate surface area is 126 Å². The quantitative estimate of drug-likeness (QED) is 0.802. The number of hydrogen-bond donors (Lipinski definition) is 2. The van der Waals surface area contributed by atoms with Crippen molar-refractivity contribution >= 4 is 11.7 Å². The number of amides is 1. The second-order valence-electron chi connectivity index (χ2n) is 5.64. The molecule has 2 rings (SSSR count). The summed E-state index contributed by atoms with van der Waals surface area (Å²) in [6, 6.07) is 2.34. The third kappa shape index (κ3) is 5.13. The van der Waals surface area contributed by atoms with E-state index in [1.165, 1.54) is 12.8 Å². The maximum Gasteiger partial charge on any atom is 0.226 e. The molecule has 21 heavy (non-hydrogen) atoms. The lowest BCUT2D eigenvalue weighted by Crippen LogP contribution is -2.44. The number of aryl methyl sites for hydroxylation is 1. The van der Waals surface area contributed by atoms with Crippen LogP contribution >= 0.6 is 0 Å². The van der Waals surface area contributed by atoms with E-state index in [4.69, 9.17) is 4.52 Å². The zero-order valence-corrected chi connectivity index (χ0v) is 13.0. The van der Waals surface area contributed by atoms with Crippen molar-refractivity contribution in [2.24, 2.45) is 0 Å². The second kappa shape index (κ2) is 8.14. The van der Waals surface area contributed by atoms with Gasteiger partial charge in [0.25, 0.3) is 0 Å². The van der Waals surface area contributed by atoms with Crippen LogP contribution in [0.25, 0.3) is 0 Å². The molecule has 1 aliphatic rings. The zero-order valence-electron chi connectivity index (χ0n) is 13.0. The molecule has 1 saturated heterocycles. The van der Waals surface area contributed by atoms with Crippen LogP contribution in [0.5, 0.6) is 0 Å². The van der Waals surface area contributed by atoms with Crippen molar-refractivity contribution in [2.75, 3.05) is 31.5 Å². The molecule has 2 N–H and O–H groups in total. The fourth-order valence-electron chi connectivity index (χ4n) is 2.81. The maximum atomic E-state index is 12.0. The highest BCUT2D eigenvalue weighted by Gasteiger charge is 2.20. The molecule has 0 aliphatic carbocycles. The van der Waals surface area contributed by atoms with E-state index >= 15 is 0 Å². The monoisotopic (exact) mass is 294 g/mol. The molecule has 1 amide bonds. The number of nitrogens with one attached hydrogen (secondary N) is 2. The Morgan fingerprint density at radius 2 is 2.24 bits per heavy atom. The van der Waals surface area contributed by atoms with Crippen LogP contribution in [0.3, 0.4) is 0 Å². The highest BCUT2D eigenvalue weighted by atomic mass is 16.5. The molecular formula is C15H26N4O2. The van der Waals surface area contributed by atoms with Gasteiger partial charge in [-0.05, 0) is 45.8 Å². The Bertz CT molecular complexity index is 441. The molecule has 0 aromatic carbocycles. The average Bonchev–Trinajstić information content (AvgIpc) is 2.89. The van der Waals surface area contributed by atoms with Crippen LogP contribution in [-0.2, 0) is 4.79 Å². The first-order valence-electron chi connectivity index (χ1n) is 7.87. The summed E-state index contributed by atoms with van der Waals surface area (Å²) in [6.45, 7) is 8.02. The number of aromatic nitrogens is 1. The van der Waals surface area contributed by atoms with Gasteiger partial charge in [0.2, 0.25) is 5.91 Å². The van der Waals surface area contributed by atoms with Crippen molar-refractivity contribution in [3.63, 3.8) is 0 Å². The first-order chi connectivity index (χ1) is 10.2. The van der Waals surface area contributed by atoms with Crippen LogP contribution < -0.4 is 10.6 Å². The fraction of sp³-hybridized carbons (Fsp3) is 0.733. The molecule has 1 aromatic heterocycles. The number of rotatable bonds is 7. The first kappa shape index (κ1) is 16.0. The topological polar surface area (TPSA) is 70.4 Å². The number of hydrogen-bond acceptors (Lipinski definition) is 5. The minimum atomic E-state index is -0.00154. The standard InChI is InChI=1S/C15H26N4O2/c1-3-9-19(13-4-7-16-8-5-13)10-6-15(20)17-14-11-12(2)21-18-14/h11,13,16H,3-10H2,1-2H3,(H,17,18,20). The minimum absolute atomic E-state index is 0.00154. The summed E-state index contributed by atoms with van der Waals surface area (Å²) < 4.78 is 4.94. The smallest absolute Gasteiger partial charge is 0.226 e. The number of anilines is 1. The van der Waals surface area contributed by atoms with Crippen LogP contribution in [-0.4, -0.2) is 48.2 Å². The third-order valence-electron chi connectivity index (χ3n) is 3.86. The van der Waals surface area contributed by atoms with Gasteiger partial charge in [0.1, 0.15) is 5.76 Å². The fourth-order valence-corrected chi connectivity index (χ4v) is 2.81. The van der Waals surface area contributed by atoms with E-state index in [1.807, 2.05) is 6.92 Å².